The van der Waals surface area contributed by atoms with E-state index in [1.165, 1.54) is 11.8 Å². The van der Waals surface area contributed by atoms with Crippen LogP contribution in [0.4, 0.5) is 0 Å². The Balaban J connectivity index is 1.46. The predicted octanol–water partition coefficient (Wildman–Crippen LogP) is 4.73. The lowest BCUT2D eigenvalue weighted by Gasteiger charge is -2.04. The van der Waals surface area contributed by atoms with E-state index in [0.29, 0.717) is 17.7 Å². The zero-order chi connectivity index (χ0) is 14.5. The van der Waals surface area contributed by atoms with Gasteiger partial charge in [-0.25, -0.2) is 0 Å². The Morgan fingerprint density at radius 3 is 2.81 bits per heavy atom. The summed E-state index contributed by atoms with van der Waals surface area (Å²) in [4.78, 5) is 0.987. The number of ether oxygens (including phenoxy) is 1. The Morgan fingerprint density at radius 1 is 1.19 bits per heavy atom. The summed E-state index contributed by atoms with van der Waals surface area (Å²) >= 11 is 6.46. The van der Waals surface area contributed by atoms with Crippen molar-refractivity contribution >= 4 is 39.0 Å². The van der Waals surface area contributed by atoms with Crippen LogP contribution < -0.4 is 4.74 Å². The van der Waals surface area contributed by atoms with Gasteiger partial charge in [-0.05, 0) is 35.7 Å². The number of rotatable bonds is 6. The van der Waals surface area contributed by atoms with Crippen molar-refractivity contribution in [1.29, 1.82) is 0 Å². The molecule has 3 rings (SSSR count). The highest BCUT2D eigenvalue weighted by atomic mass is 79.9. The molecule has 0 atom stereocenters. The molecule has 2 heterocycles. The zero-order valence-electron chi connectivity index (χ0n) is 10.9. The van der Waals surface area contributed by atoms with Crippen LogP contribution in [0.15, 0.2) is 55.9 Å². The fourth-order valence-electron chi connectivity index (χ4n) is 1.59. The molecule has 3 aromatic rings. The highest BCUT2D eigenvalue weighted by molar-refractivity contribution is 9.10. The van der Waals surface area contributed by atoms with E-state index >= 15 is 0 Å². The zero-order valence-corrected chi connectivity index (χ0v) is 14.1. The maximum atomic E-state index is 5.63. The topological polar surface area (TPSA) is 48.2 Å². The molecule has 108 valence electrons. The van der Waals surface area contributed by atoms with Crippen molar-refractivity contribution in [3.05, 3.63) is 46.3 Å². The maximum absolute atomic E-state index is 5.63. The van der Waals surface area contributed by atoms with Gasteiger partial charge in [0.25, 0.3) is 11.1 Å². The van der Waals surface area contributed by atoms with Gasteiger partial charge >= 0.3 is 0 Å². The molecule has 0 fully saturated rings. The minimum absolute atomic E-state index is 0.567. The van der Waals surface area contributed by atoms with E-state index in [1.807, 2.05) is 41.8 Å². The van der Waals surface area contributed by atoms with Crippen molar-refractivity contribution < 1.29 is 9.15 Å². The van der Waals surface area contributed by atoms with E-state index in [-0.39, 0.29) is 0 Å². The van der Waals surface area contributed by atoms with Crippen LogP contribution in [0.25, 0.3) is 10.8 Å². The van der Waals surface area contributed by atoms with Gasteiger partial charge < -0.3 is 9.15 Å². The smallest absolute Gasteiger partial charge is 0.277 e. The molecule has 0 saturated carbocycles. The van der Waals surface area contributed by atoms with Crippen LogP contribution in [0, 0.1) is 0 Å². The lowest BCUT2D eigenvalue weighted by Crippen LogP contribution is -1.99. The van der Waals surface area contributed by atoms with Crippen LogP contribution in [0.5, 0.6) is 5.75 Å². The first-order chi connectivity index (χ1) is 10.3. The van der Waals surface area contributed by atoms with E-state index < -0.39 is 0 Å². The van der Waals surface area contributed by atoms with E-state index in [2.05, 4.69) is 26.1 Å². The molecule has 7 heteroatoms. The molecule has 0 radical (unpaired) electrons. The molecule has 0 unspecified atom stereocenters. The van der Waals surface area contributed by atoms with Crippen molar-refractivity contribution in [3.63, 3.8) is 0 Å². The largest absolute Gasteiger partial charge is 0.493 e. The summed E-state index contributed by atoms with van der Waals surface area (Å²) in [7, 11) is 0. The highest BCUT2D eigenvalue weighted by Crippen LogP contribution is 2.26. The summed E-state index contributed by atoms with van der Waals surface area (Å²) in [5, 5.41) is 10.6. The molecule has 4 nitrogen and oxygen atoms in total. The molecule has 0 saturated heterocycles. The number of aromatic nitrogens is 2. The van der Waals surface area contributed by atoms with Gasteiger partial charge in [0, 0.05) is 10.2 Å². The first-order valence-electron chi connectivity index (χ1n) is 6.20. The summed E-state index contributed by atoms with van der Waals surface area (Å²) in [5.74, 6) is 2.17. The quantitative estimate of drug-likeness (QED) is 0.455. The molecule has 0 N–H and O–H groups in total. The molecular weight excluding hydrogens is 372 g/mol. The van der Waals surface area contributed by atoms with Gasteiger partial charge in [0.05, 0.1) is 11.5 Å². The van der Waals surface area contributed by atoms with Crippen molar-refractivity contribution in [2.24, 2.45) is 0 Å². The normalized spacial score (nSPS) is 10.7. The van der Waals surface area contributed by atoms with Crippen LogP contribution in [0.1, 0.15) is 0 Å². The average Bonchev–Trinajstić information content (AvgIpc) is 3.16. The van der Waals surface area contributed by atoms with Crippen molar-refractivity contribution in [2.45, 2.75) is 5.22 Å². The highest BCUT2D eigenvalue weighted by Gasteiger charge is 2.09. The maximum Gasteiger partial charge on any atom is 0.277 e. The van der Waals surface area contributed by atoms with Gasteiger partial charge in [-0.2, -0.15) is 0 Å². The molecule has 0 aliphatic rings. The van der Waals surface area contributed by atoms with Gasteiger partial charge in [-0.3, -0.25) is 0 Å². The van der Waals surface area contributed by atoms with Crippen LogP contribution in [-0.2, 0) is 0 Å². The van der Waals surface area contributed by atoms with Crippen LogP contribution in [0.2, 0.25) is 0 Å². The van der Waals surface area contributed by atoms with E-state index in [1.54, 1.807) is 11.3 Å². The Labute approximate surface area is 138 Å². The first-order valence-corrected chi connectivity index (χ1v) is 8.85. The van der Waals surface area contributed by atoms with Gasteiger partial charge in [0.1, 0.15) is 5.75 Å². The summed E-state index contributed by atoms with van der Waals surface area (Å²) < 4.78 is 12.3. The van der Waals surface area contributed by atoms with E-state index in [9.17, 15) is 0 Å². The molecule has 0 bridgehead atoms. The van der Waals surface area contributed by atoms with E-state index in [4.69, 9.17) is 9.15 Å². The summed E-state index contributed by atoms with van der Waals surface area (Å²) in [6, 6.07) is 11.7. The Bertz CT molecular complexity index is 683. The van der Waals surface area contributed by atoms with Crippen LogP contribution in [-0.4, -0.2) is 22.6 Å². The van der Waals surface area contributed by atoms with Gasteiger partial charge in [0.15, 0.2) is 0 Å². The molecule has 2 aromatic heterocycles. The van der Waals surface area contributed by atoms with Crippen molar-refractivity contribution in [2.75, 3.05) is 12.4 Å². The number of nitrogens with zero attached hydrogens (tertiary/aromatic N) is 2. The van der Waals surface area contributed by atoms with Crippen LogP contribution in [0.3, 0.4) is 0 Å². The standard InChI is InChI=1S/C14H11BrN2O2S2/c15-10-3-5-11(6-4-10)18-7-9-21-14-17-16-13(19-14)12-2-1-8-20-12/h1-6,8H,7,9H2. The molecular formula is C14H11BrN2O2S2. The van der Waals surface area contributed by atoms with Crippen LogP contribution >= 0.6 is 39.0 Å². The first kappa shape index (κ1) is 14.6. The SMILES string of the molecule is Brc1ccc(OCCSc2nnc(-c3cccs3)o2)cc1. The average molecular weight is 383 g/mol. The van der Waals surface area contributed by atoms with Gasteiger partial charge in [-0.15, -0.1) is 21.5 Å². The fraction of sp³-hybridized carbons (Fsp3) is 0.143. The second-order valence-corrected chi connectivity index (χ2v) is 6.91. The number of halogens is 1. The van der Waals surface area contributed by atoms with Crippen molar-refractivity contribution in [1.82, 2.24) is 10.2 Å². The summed E-state index contributed by atoms with van der Waals surface area (Å²) in [5.41, 5.74) is 0. The molecule has 0 aliphatic heterocycles. The molecule has 0 spiro atoms. The minimum Gasteiger partial charge on any atom is -0.493 e. The van der Waals surface area contributed by atoms with Gasteiger partial charge in [0.2, 0.25) is 0 Å². The molecule has 21 heavy (non-hydrogen) atoms. The second-order valence-electron chi connectivity index (χ2n) is 4.00. The second kappa shape index (κ2) is 7.11. The number of benzene rings is 1. The third-order valence-electron chi connectivity index (χ3n) is 2.53. The Hall–Kier alpha value is -1.31. The number of thioether (sulfide) groups is 1. The van der Waals surface area contributed by atoms with Gasteiger partial charge in [-0.1, -0.05) is 33.8 Å². The third kappa shape index (κ3) is 4.09. The summed E-state index contributed by atoms with van der Waals surface area (Å²) in [6.07, 6.45) is 0. The fourth-order valence-corrected chi connectivity index (χ4v) is 3.07. The predicted molar refractivity (Wildman–Crippen MR) is 88.0 cm³/mol. The molecule has 0 amide bonds. The van der Waals surface area contributed by atoms with Crippen molar-refractivity contribution in [3.8, 4) is 16.5 Å². The lowest BCUT2D eigenvalue weighted by molar-refractivity contribution is 0.343. The van der Waals surface area contributed by atoms with E-state index in [0.717, 1.165) is 20.9 Å². The minimum atomic E-state index is 0.567. The number of thiophene rings is 1. The number of hydrogen-bond acceptors (Lipinski definition) is 6. The number of hydrogen-bond donors (Lipinski definition) is 0. The Morgan fingerprint density at radius 2 is 2.05 bits per heavy atom. The third-order valence-corrected chi connectivity index (χ3v) is 4.70. The Kier molecular flexibility index (Phi) is 4.95. The monoisotopic (exact) mass is 382 g/mol. The molecule has 0 aliphatic carbocycles. The lowest BCUT2D eigenvalue weighted by atomic mass is 10.3. The summed E-state index contributed by atoms with van der Waals surface area (Å²) in [6.45, 7) is 0.586. The molecule has 1 aromatic carbocycles.